The molecule has 0 saturated carbocycles. The van der Waals surface area contributed by atoms with Gasteiger partial charge in [0.15, 0.2) is 0 Å². The first kappa shape index (κ1) is 21.6. The summed E-state index contributed by atoms with van der Waals surface area (Å²) in [6.45, 7) is 8.52. The quantitative estimate of drug-likeness (QED) is 0.460. The number of hydrogen-bond donors (Lipinski definition) is 0. The number of methoxy groups -OCH3 is 2. The maximum absolute atomic E-state index is 14.1. The molecule has 0 fully saturated rings. The Hall–Kier alpha value is -1.73. The van der Waals surface area contributed by atoms with Crippen LogP contribution in [0.2, 0.25) is 0 Å². The maximum atomic E-state index is 14.1. The fraction of sp³-hybridized carbons (Fsp3) is 0.478. The normalized spacial score (nSPS) is 13.3. The summed E-state index contributed by atoms with van der Waals surface area (Å²) in [7, 11) is 0.824. The number of ether oxygens (including phenoxy) is 2. The predicted molar refractivity (Wildman–Crippen MR) is 115 cm³/mol. The van der Waals surface area contributed by atoms with Gasteiger partial charge >= 0.3 is 0 Å². The van der Waals surface area contributed by atoms with Gasteiger partial charge in [-0.2, -0.15) is 0 Å². The SMILES string of the molecule is CCCCP(=O)(Cc1c(C)cc(C)cc1C)Cc1c(OC)cccc1OC. The van der Waals surface area contributed by atoms with Crippen LogP contribution in [-0.2, 0) is 16.9 Å². The summed E-state index contributed by atoms with van der Waals surface area (Å²) in [5.74, 6) is 1.51. The Kier molecular flexibility index (Phi) is 7.56. The summed E-state index contributed by atoms with van der Waals surface area (Å²) in [5, 5.41) is 0. The minimum atomic E-state index is -2.49. The van der Waals surface area contributed by atoms with Crippen molar-refractivity contribution in [3.63, 3.8) is 0 Å². The molecule has 3 nitrogen and oxygen atoms in total. The highest BCUT2D eigenvalue weighted by Gasteiger charge is 2.27. The van der Waals surface area contributed by atoms with Crippen LogP contribution >= 0.6 is 7.14 Å². The maximum Gasteiger partial charge on any atom is 0.126 e. The zero-order valence-electron chi connectivity index (χ0n) is 17.6. The van der Waals surface area contributed by atoms with Crippen LogP contribution in [0.3, 0.4) is 0 Å². The molecule has 0 saturated heterocycles. The second-order valence-electron chi connectivity index (χ2n) is 7.47. The molecule has 0 aliphatic rings. The van der Waals surface area contributed by atoms with Crippen molar-refractivity contribution in [1.82, 2.24) is 0 Å². The van der Waals surface area contributed by atoms with Crippen LogP contribution in [0.15, 0.2) is 30.3 Å². The van der Waals surface area contributed by atoms with Crippen LogP contribution in [0.5, 0.6) is 11.5 Å². The monoisotopic (exact) mass is 388 g/mol. The minimum absolute atomic E-state index is 0.507. The first-order valence-corrected chi connectivity index (χ1v) is 11.9. The number of rotatable bonds is 9. The Morgan fingerprint density at radius 3 is 1.89 bits per heavy atom. The molecule has 0 amide bonds. The van der Waals surface area contributed by atoms with E-state index in [0.717, 1.165) is 36.1 Å². The lowest BCUT2D eigenvalue weighted by Gasteiger charge is -2.23. The molecule has 0 bridgehead atoms. The van der Waals surface area contributed by atoms with Crippen molar-refractivity contribution in [3.8, 4) is 11.5 Å². The minimum Gasteiger partial charge on any atom is -0.496 e. The molecular formula is C23H33O3P. The lowest BCUT2D eigenvalue weighted by Crippen LogP contribution is -2.04. The molecule has 0 radical (unpaired) electrons. The van der Waals surface area contributed by atoms with Gasteiger partial charge in [-0.25, -0.2) is 0 Å². The van der Waals surface area contributed by atoms with Crippen molar-refractivity contribution in [3.05, 3.63) is 58.1 Å². The largest absolute Gasteiger partial charge is 0.496 e. The molecule has 2 aromatic rings. The summed E-state index contributed by atoms with van der Waals surface area (Å²) in [6, 6.07) is 10.1. The molecule has 2 rings (SSSR count). The highest BCUT2D eigenvalue weighted by molar-refractivity contribution is 7.62. The zero-order valence-corrected chi connectivity index (χ0v) is 18.5. The van der Waals surface area contributed by atoms with Crippen LogP contribution in [-0.4, -0.2) is 20.4 Å². The molecule has 0 aromatic heterocycles. The van der Waals surface area contributed by atoms with Crippen LogP contribution in [0.4, 0.5) is 0 Å². The summed E-state index contributed by atoms with van der Waals surface area (Å²) < 4.78 is 25.2. The smallest absolute Gasteiger partial charge is 0.126 e. The van der Waals surface area contributed by atoms with E-state index in [1.165, 1.54) is 22.3 Å². The summed E-state index contributed by atoms with van der Waals surface area (Å²) >= 11 is 0. The number of benzene rings is 2. The zero-order chi connectivity index (χ0) is 20.0. The van der Waals surface area contributed by atoms with Crippen molar-refractivity contribution >= 4 is 7.14 Å². The molecule has 0 spiro atoms. The standard InChI is InChI=1S/C23H33O3P/c1-7-8-12-27(24,15-20-18(3)13-17(2)14-19(20)4)16-21-22(25-5)10-9-11-23(21)26-6/h9-11,13-14H,7-8,12,15-16H2,1-6H3. The molecule has 148 valence electrons. The molecule has 4 heteroatoms. The molecule has 0 aliphatic carbocycles. The third-order valence-corrected chi connectivity index (χ3v) is 8.10. The Bertz CT molecular complexity index is 781. The summed E-state index contributed by atoms with van der Waals surface area (Å²) in [6.07, 6.45) is 3.90. The third kappa shape index (κ3) is 5.39. The van der Waals surface area contributed by atoms with Crippen LogP contribution in [0, 0.1) is 20.8 Å². The molecule has 2 aromatic carbocycles. The summed E-state index contributed by atoms with van der Waals surface area (Å²) in [5.41, 5.74) is 5.87. The van der Waals surface area contributed by atoms with Crippen molar-refractivity contribution < 1.29 is 14.0 Å². The second-order valence-corrected chi connectivity index (χ2v) is 10.7. The van der Waals surface area contributed by atoms with Gasteiger partial charge < -0.3 is 14.0 Å². The van der Waals surface area contributed by atoms with E-state index in [1.807, 2.05) is 18.2 Å². The van der Waals surface area contributed by atoms with Gasteiger partial charge in [-0.05, 0) is 56.0 Å². The Morgan fingerprint density at radius 1 is 0.889 bits per heavy atom. The topological polar surface area (TPSA) is 35.5 Å². The fourth-order valence-electron chi connectivity index (χ4n) is 3.78. The number of hydrogen-bond acceptors (Lipinski definition) is 3. The van der Waals surface area contributed by atoms with Crippen molar-refractivity contribution in [2.45, 2.75) is 52.9 Å². The molecule has 0 heterocycles. The van der Waals surface area contributed by atoms with Crippen molar-refractivity contribution in [2.24, 2.45) is 0 Å². The third-order valence-electron chi connectivity index (χ3n) is 5.18. The lowest BCUT2D eigenvalue weighted by molar-refractivity contribution is 0.387. The van der Waals surface area contributed by atoms with E-state index < -0.39 is 7.14 Å². The first-order chi connectivity index (χ1) is 12.8. The van der Waals surface area contributed by atoms with Gasteiger partial charge in [0.1, 0.15) is 11.5 Å². The number of aryl methyl sites for hydroxylation is 3. The number of unbranched alkanes of at least 4 members (excludes halogenated alkanes) is 1. The highest BCUT2D eigenvalue weighted by atomic mass is 31.2. The predicted octanol–water partition coefficient (Wildman–Crippen LogP) is 6.49. The van der Waals surface area contributed by atoms with E-state index >= 15 is 0 Å². The van der Waals surface area contributed by atoms with Gasteiger partial charge in [0.2, 0.25) is 0 Å². The van der Waals surface area contributed by atoms with Gasteiger partial charge in [0.25, 0.3) is 0 Å². The molecule has 0 N–H and O–H groups in total. The fourth-order valence-corrected chi connectivity index (χ4v) is 7.06. The van der Waals surface area contributed by atoms with Crippen LogP contribution in [0.25, 0.3) is 0 Å². The van der Waals surface area contributed by atoms with Gasteiger partial charge in [-0.15, -0.1) is 0 Å². The van der Waals surface area contributed by atoms with Crippen LogP contribution < -0.4 is 9.47 Å². The Balaban J connectivity index is 2.45. The molecule has 0 aliphatic heterocycles. The van der Waals surface area contributed by atoms with E-state index in [4.69, 9.17) is 9.47 Å². The first-order valence-electron chi connectivity index (χ1n) is 9.67. The second kappa shape index (κ2) is 9.46. The lowest BCUT2D eigenvalue weighted by atomic mass is 10.0. The van der Waals surface area contributed by atoms with E-state index in [0.29, 0.717) is 12.3 Å². The van der Waals surface area contributed by atoms with Gasteiger partial charge in [0, 0.05) is 24.0 Å². The van der Waals surface area contributed by atoms with E-state index in [2.05, 4.69) is 39.8 Å². The van der Waals surface area contributed by atoms with E-state index in [9.17, 15) is 4.57 Å². The van der Waals surface area contributed by atoms with Crippen LogP contribution in [0.1, 0.15) is 47.6 Å². The summed E-state index contributed by atoms with van der Waals surface area (Å²) in [4.78, 5) is 0. The molecule has 1 unspecified atom stereocenters. The van der Waals surface area contributed by atoms with E-state index in [-0.39, 0.29) is 0 Å². The Labute approximate surface area is 164 Å². The van der Waals surface area contributed by atoms with E-state index in [1.54, 1.807) is 14.2 Å². The van der Waals surface area contributed by atoms with Gasteiger partial charge in [-0.1, -0.05) is 37.1 Å². The Morgan fingerprint density at radius 2 is 1.41 bits per heavy atom. The average molecular weight is 388 g/mol. The average Bonchev–Trinajstić information content (AvgIpc) is 2.63. The van der Waals surface area contributed by atoms with Gasteiger partial charge in [0.05, 0.1) is 21.4 Å². The molecule has 27 heavy (non-hydrogen) atoms. The van der Waals surface area contributed by atoms with Crippen molar-refractivity contribution in [1.29, 1.82) is 0 Å². The highest BCUT2D eigenvalue weighted by Crippen LogP contribution is 2.56. The van der Waals surface area contributed by atoms with Gasteiger partial charge in [-0.3, -0.25) is 0 Å². The molecule has 1 atom stereocenters. The van der Waals surface area contributed by atoms with Crippen molar-refractivity contribution in [2.75, 3.05) is 20.4 Å². The molecular weight excluding hydrogens is 355 g/mol.